The molecule has 1 aromatic heterocycles. The van der Waals surface area contributed by atoms with E-state index in [1.165, 1.54) is 0 Å². The van der Waals surface area contributed by atoms with E-state index in [9.17, 15) is 4.79 Å². The largest absolute Gasteiger partial charge is 0.368 e. The molecule has 0 saturated carbocycles. The summed E-state index contributed by atoms with van der Waals surface area (Å²) in [7, 11) is 4.00. The SMILES string of the molecule is CCCNC(C)(CCN(C)Cc1nccn1C)C(N)=O. The zero-order valence-electron chi connectivity index (χ0n) is 13.0. The van der Waals surface area contributed by atoms with Crippen molar-refractivity contribution in [2.45, 2.75) is 38.8 Å². The Bertz CT molecular complexity index is 431. The second-order valence-corrected chi connectivity index (χ2v) is 5.57. The van der Waals surface area contributed by atoms with Crippen LogP contribution in [0.4, 0.5) is 0 Å². The van der Waals surface area contributed by atoms with Crippen LogP contribution in [-0.4, -0.2) is 46.0 Å². The third kappa shape index (κ3) is 4.61. The maximum atomic E-state index is 11.6. The van der Waals surface area contributed by atoms with E-state index in [1.54, 1.807) is 6.20 Å². The number of nitrogens with two attached hydrogens (primary N) is 1. The number of nitrogens with zero attached hydrogens (tertiary/aromatic N) is 3. The molecule has 0 spiro atoms. The maximum absolute atomic E-state index is 11.6. The minimum Gasteiger partial charge on any atom is -0.368 e. The van der Waals surface area contributed by atoms with Gasteiger partial charge in [-0.25, -0.2) is 4.98 Å². The van der Waals surface area contributed by atoms with E-state index in [0.29, 0.717) is 6.42 Å². The highest BCUT2D eigenvalue weighted by molar-refractivity contribution is 5.84. The lowest BCUT2D eigenvalue weighted by Gasteiger charge is -2.29. The highest BCUT2D eigenvalue weighted by Crippen LogP contribution is 2.11. The van der Waals surface area contributed by atoms with Crippen molar-refractivity contribution in [1.82, 2.24) is 19.8 Å². The van der Waals surface area contributed by atoms with Crippen LogP contribution in [0.25, 0.3) is 0 Å². The minimum absolute atomic E-state index is 0.295. The fourth-order valence-electron chi connectivity index (χ4n) is 1.98. The molecule has 0 aliphatic carbocycles. The molecule has 6 nitrogen and oxygen atoms in total. The number of primary amides is 1. The molecule has 1 aromatic rings. The van der Waals surface area contributed by atoms with E-state index >= 15 is 0 Å². The van der Waals surface area contributed by atoms with Crippen molar-refractivity contribution in [2.24, 2.45) is 12.8 Å². The van der Waals surface area contributed by atoms with E-state index < -0.39 is 5.54 Å². The summed E-state index contributed by atoms with van der Waals surface area (Å²) in [6, 6.07) is 0. The number of carbonyl (C=O) groups excluding carboxylic acids is 1. The van der Waals surface area contributed by atoms with Crippen LogP contribution in [0.5, 0.6) is 0 Å². The fourth-order valence-corrected chi connectivity index (χ4v) is 1.98. The van der Waals surface area contributed by atoms with E-state index in [-0.39, 0.29) is 5.91 Å². The molecule has 1 atom stereocenters. The van der Waals surface area contributed by atoms with Crippen molar-refractivity contribution in [3.05, 3.63) is 18.2 Å². The Morgan fingerprint density at radius 1 is 1.60 bits per heavy atom. The number of hydrogen-bond acceptors (Lipinski definition) is 4. The molecular weight excluding hydrogens is 254 g/mol. The lowest BCUT2D eigenvalue weighted by atomic mass is 9.96. The Hall–Kier alpha value is -1.40. The predicted octanol–water partition coefficient (Wildman–Crippen LogP) is 0.486. The number of hydrogen-bond donors (Lipinski definition) is 2. The molecule has 1 heterocycles. The first-order valence-electron chi connectivity index (χ1n) is 7.08. The number of carbonyl (C=O) groups is 1. The van der Waals surface area contributed by atoms with E-state index in [0.717, 1.165) is 31.9 Å². The summed E-state index contributed by atoms with van der Waals surface area (Å²) in [6.07, 6.45) is 5.38. The number of imidazole rings is 1. The lowest BCUT2D eigenvalue weighted by molar-refractivity contribution is -0.124. The smallest absolute Gasteiger partial charge is 0.237 e. The van der Waals surface area contributed by atoms with E-state index in [2.05, 4.69) is 22.1 Å². The number of nitrogens with one attached hydrogen (secondary N) is 1. The number of aromatic nitrogens is 2. The third-order valence-electron chi connectivity index (χ3n) is 3.63. The van der Waals surface area contributed by atoms with Crippen LogP contribution < -0.4 is 11.1 Å². The summed E-state index contributed by atoms with van der Waals surface area (Å²) in [5.41, 5.74) is 4.87. The van der Waals surface area contributed by atoms with Gasteiger partial charge in [0.2, 0.25) is 5.91 Å². The van der Waals surface area contributed by atoms with Gasteiger partial charge in [-0.2, -0.15) is 0 Å². The molecule has 0 aromatic carbocycles. The standard InChI is InChI=1S/C14H27N5O/c1-5-7-17-14(2,13(15)20)6-9-18(3)11-12-16-8-10-19(12)4/h8,10,17H,5-7,9,11H2,1-4H3,(H2,15,20). The molecule has 0 fully saturated rings. The van der Waals surface area contributed by atoms with Crippen LogP contribution in [-0.2, 0) is 18.4 Å². The van der Waals surface area contributed by atoms with Crippen molar-refractivity contribution in [2.75, 3.05) is 20.1 Å². The Morgan fingerprint density at radius 2 is 2.30 bits per heavy atom. The van der Waals surface area contributed by atoms with Gasteiger partial charge >= 0.3 is 0 Å². The molecular formula is C14H27N5O. The van der Waals surface area contributed by atoms with Crippen molar-refractivity contribution in [3.8, 4) is 0 Å². The third-order valence-corrected chi connectivity index (χ3v) is 3.63. The minimum atomic E-state index is -0.647. The van der Waals surface area contributed by atoms with E-state index in [1.807, 2.05) is 31.8 Å². The summed E-state index contributed by atoms with van der Waals surface area (Å²) < 4.78 is 2.00. The van der Waals surface area contributed by atoms with Crippen LogP contribution in [0, 0.1) is 0 Å². The first-order valence-corrected chi connectivity index (χ1v) is 7.08. The van der Waals surface area contributed by atoms with Gasteiger partial charge in [-0.15, -0.1) is 0 Å². The zero-order chi connectivity index (χ0) is 15.2. The van der Waals surface area contributed by atoms with Gasteiger partial charge < -0.3 is 15.6 Å². The zero-order valence-corrected chi connectivity index (χ0v) is 13.0. The van der Waals surface area contributed by atoms with Crippen molar-refractivity contribution in [1.29, 1.82) is 0 Å². The Labute approximate surface area is 121 Å². The van der Waals surface area contributed by atoms with Gasteiger partial charge in [0.25, 0.3) is 0 Å². The number of aryl methyl sites for hydroxylation is 1. The van der Waals surface area contributed by atoms with Gasteiger partial charge in [0.1, 0.15) is 5.82 Å². The quantitative estimate of drug-likeness (QED) is 0.690. The Balaban J connectivity index is 2.50. The van der Waals surface area contributed by atoms with Crippen molar-refractivity contribution < 1.29 is 4.79 Å². The molecule has 114 valence electrons. The first kappa shape index (κ1) is 16.7. The number of amides is 1. The molecule has 20 heavy (non-hydrogen) atoms. The molecule has 3 N–H and O–H groups in total. The lowest BCUT2D eigenvalue weighted by Crippen LogP contribution is -2.54. The summed E-state index contributed by atoms with van der Waals surface area (Å²) >= 11 is 0. The average molecular weight is 281 g/mol. The predicted molar refractivity (Wildman–Crippen MR) is 80.1 cm³/mol. The second-order valence-electron chi connectivity index (χ2n) is 5.57. The topological polar surface area (TPSA) is 76.2 Å². The fraction of sp³-hybridized carbons (Fsp3) is 0.714. The molecule has 1 rings (SSSR count). The summed E-state index contributed by atoms with van der Waals surface area (Å²) in [4.78, 5) is 18.1. The second kappa shape index (κ2) is 7.40. The summed E-state index contributed by atoms with van der Waals surface area (Å²) in [5, 5.41) is 3.25. The van der Waals surface area contributed by atoms with Crippen LogP contribution in [0.3, 0.4) is 0 Å². The molecule has 0 saturated heterocycles. The summed E-state index contributed by atoms with van der Waals surface area (Å²) in [5.74, 6) is 0.714. The van der Waals surface area contributed by atoms with E-state index in [4.69, 9.17) is 5.73 Å². The van der Waals surface area contributed by atoms with Gasteiger partial charge in [-0.05, 0) is 33.4 Å². The monoisotopic (exact) mass is 281 g/mol. The molecule has 0 radical (unpaired) electrons. The van der Waals surface area contributed by atoms with Gasteiger partial charge in [-0.3, -0.25) is 9.69 Å². The van der Waals surface area contributed by atoms with Crippen LogP contribution in [0.2, 0.25) is 0 Å². The van der Waals surface area contributed by atoms with Crippen LogP contribution in [0.1, 0.15) is 32.5 Å². The number of rotatable bonds is 9. The highest BCUT2D eigenvalue weighted by atomic mass is 16.1. The summed E-state index contributed by atoms with van der Waals surface area (Å²) in [6.45, 7) is 6.28. The molecule has 0 aliphatic heterocycles. The Morgan fingerprint density at radius 3 is 2.80 bits per heavy atom. The normalized spacial score (nSPS) is 14.4. The average Bonchev–Trinajstić information content (AvgIpc) is 2.79. The molecule has 0 bridgehead atoms. The molecule has 6 heteroatoms. The van der Waals surface area contributed by atoms with Gasteiger partial charge in [0.15, 0.2) is 0 Å². The van der Waals surface area contributed by atoms with Gasteiger partial charge in [-0.1, -0.05) is 6.92 Å². The van der Waals surface area contributed by atoms with Crippen molar-refractivity contribution >= 4 is 5.91 Å². The highest BCUT2D eigenvalue weighted by Gasteiger charge is 2.30. The molecule has 1 unspecified atom stereocenters. The Kier molecular flexibility index (Phi) is 6.16. The maximum Gasteiger partial charge on any atom is 0.237 e. The molecule has 1 amide bonds. The van der Waals surface area contributed by atoms with Gasteiger partial charge in [0, 0.05) is 26.0 Å². The van der Waals surface area contributed by atoms with Gasteiger partial charge in [0.05, 0.1) is 12.1 Å². The first-order chi connectivity index (χ1) is 9.39. The van der Waals surface area contributed by atoms with Crippen molar-refractivity contribution in [3.63, 3.8) is 0 Å². The van der Waals surface area contributed by atoms with Crippen LogP contribution >= 0.6 is 0 Å². The van der Waals surface area contributed by atoms with Crippen LogP contribution in [0.15, 0.2) is 12.4 Å². The molecule has 0 aliphatic rings.